The number of benzene rings is 2. The molecule has 0 aliphatic carbocycles. The highest BCUT2D eigenvalue weighted by molar-refractivity contribution is 5.56. The topological polar surface area (TPSA) is 32.3 Å². The second-order valence-electron chi connectivity index (χ2n) is 4.69. The lowest BCUT2D eigenvalue weighted by atomic mass is 10.1. The minimum absolute atomic E-state index is 0.284. The Kier molecular flexibility index (Phi) is 4.17. The SMILES string of the molecule is Cc1cccc(C)c1NCC(O)c1ccccc1F. The molecule has 1 unspecified atom stereocenters. The summed E-state index contributed by atoms with van der Waals surface area (Å²) in [5.41, 5.74) is 3.54. The highest BCUT2D eigenvalue weighted by Crippen LogP contribution is 2.22. The summed E-state index contributed by atoms with van der Waals surface area (Å²) < 4.78 is 13.5. The molecule has 0 spiro atoms. The van der Waals surface area contributed by atoms with Gasteiger partial charge in [-0.3, -0.25) is 0 Å². The molecule has 0 saturated carbocycles. The van der Waals surface area contributed by atoms with Crippen molar-refractivity contribution >= 4 is 5.69 Å². The zero-order valence-corrected chi connectivity index (χ0v) is 11.2. The second kappa shape index (κ2) is 5.85. The Labute approximate surface area is 112 Å². The average Bonchev–Trinajstić information content (AvgIpc) is 2.38. The number of aryl methyl sites for hydroxylation is 2. The van der Waals surface area contributed by atoms with E-state index in [1.54, 1.807) is 18.2 Å². The fourth-order valence-corrected chi connectivity index (χ4v) is 2.15. The lowest BCUT2D eigenvalue weighted by Crippen LogP contribution is -2.14. The van der Waals surface area contributed by atoms with E-state index in [-0.39, 0.29) is 12.4 Å². The third kappa shape index (κ3) is 3.12. The first kappa shape index (κ1) is 13.6. The van der Waals surface area contributed by atoms with Crippen LogP contribution in [0.2, 0.25) is 0 Å². The van der Waals surface area contributed by atoms with E-state index in [0.717, 1.165) is 16.8 Å². The molecule has 19 heavy (non-hydrogen) atoms. The minimum atomic E-state index is -0.861. The van der Waals surface area contributed by atoms with Gasteiger partial charge >= 0.3 is 0 Å². The van der Waals surface area contributed by atoms with Gasteiger partial charge in [-0.25, -0.2) is 4.39 Å². The van der Waals surface area contributed by atoms with Gasteiger partial charge in [0, 0.05) is 17.8 Å². The summed E-state index contributed by atoms with van der Waals surface area (Å²) in [6, 6.07) is 12.3. The van der Waals surface area contributed by atoms with Crippen molar-refractivity contribution in [3.05, 3.63) is 65.0 Å². The van der Waals surface area contributed by atoms with E-state index >= 15 is 0 Å². The van der Waals surface area contributed by atoms with E-state index in [4.69, 9.17) is 0 Å². The Balaban J connectivity index is 2.09. The zero-order valence-electron chi connectivity index (χ0n) is 11.2. The van der Waals surface area contributed by atoms with Crippen molar-refractivity contribution < 1.29 is 9.50 Å². The van der Waals surface area contributed by atoms with Crippen molar-refractivity contribution in [1.82, 2.24) is 0 Å². The quantitative estimate of drug-likeness (QED) is 0.879. The van der Waals surface area contributed by atoms with E-state index in [9.17, 15) is 9.50 Å². The molecular formula is C16H18FNO. The monoisotopic (exact) mass is 259 g/mol. The Morgan fingerprint density at radius 3 is 2.32 bits per heavy atom. The van der Waals surface area contributed by atoms with Crippen LogP contribution in [0.3, 0.4) is 0 Å². The fraction of sp³-hybridized carbons (Fsp3) is 0.250. The van der Waals surface area contributed by atoms with E-state index < -0.39 is 6.10 Å². The van der Waals surface area contributed by atoms with Crippen molar-refractivity contribution in [1.29, 1.82) is 0 Å². The molecule has 0 aliphatic heterocycles. The molecule has 0 aliphatic rings. The predicted molar refractivity (Wildman–Crippen MR) is 75.8 cm³/mol. The molecule has 2 aromatic carbocycles. The van der Waals surface area contributed by atoms with Crippen LogP contribution >= 0.6 is 0 Å². The smallest absolute Gasteiger partial charge is 0.129 e. The highest BCUT2D eigenvalue weighted by Gasteiger charge is 2.12. The van der Waals surface area contributed by atoms with Gasteiger partial charge in [-0.1, -0.05) is 36.4 Å². The van der Waals surface area contributed by atoms with Crippen LogP contribution < -0.4 is 5.32 Å². The molecular weight excluding hydrogens is 241 g/mol. The van der Waals surface area contributed by atoms with Crippen molar-refractivity contribution in [2.24, 2.45) is 0 Å². The van der Waals surface area contributed by atoms with Gasteiger partial charge in [0.05, 0.1) is 6.10 Å². The van der Waals surface area contributed by atoms with Crippen molar-refractivity contribution in [3.8, 4) is 0 Å². The molecule has 2 N–H and O–H groups in total. The summed E-state index contributed by atoms with van der Waals surface area (Å²) in [6.45, 7) is 4.29. The van der Waals surface area contributed by atoms with Gasteiger partial charge < -0.3 is 10.4 Å². The van der Waals surface area contributed by atoms with Crippen LogP contribution in [0.15, 0.2) is 42.5 Å². The normalized spacial score (nSPS) is 12.2. The minimum Gasteiger partial charge on any atom is -0.386 e. The molecule has 2 rings (SSSR count). The number of hydrogen-bond acceptors (Lipinski definition) is 2. The van der Waals surface area contributed by atoms with Gasteiger partial charge in [-0.15, -0.1) is 0 Å². The Morgan fingerprint density at radius 1 is 1.05 bits per heavy atom. The number of rotatable bonds is 4. The summed E-state index contributed by atoms with van der Waals surface area (Å²) in [4.78, 5) is 0. The first-order chi connectivity index (χ1) is 9.09. The third-order valence-corrected chi connectivity index (χ3v) is 3.22. The molecule has 3 heteroatoms. The van der Waals surface area contributed by atoms with Crippen LogP contribution in [0, 0.1) is 19.7 Å². The van der Waals surface area contributed by atoms with Crippen LogP contribution in [-0.4, -0.2) is 11.7 Å². The van der Waals surface area contributed by atoms with Crippen molar-refractivity contribution in [3.63, 3.8) is 0 Å². The first-order valence-corrected chi connectivity index (χ1v) is 6.32. The summed E-state index contributed by atoms with van der Waals surface area (Å²) in [5, 5.41) is 13.2. The van der Waals surface area contributed by atoms with Crippen LogP contribution in [0.5, 0.6) is 0 Å². The van der Waals surface area contributed by atoms with Gasteiger partial charge in [0.15, 0.2) is 0 Å². The maximum Gasteiger partial charge on any atom is 0.129 e. The number of anilines is 1. The first-order valence-electron chi connectivity index (χ1n) is 6.32. The predicted octanol–water partition coefficient (Wildman–Crippen LogP) is 3.59. The maximum atomic E-state index is 13.5. The van der Waals surface area contributed by atoms with Gasteiger partial charge in [-0.2, -0.15) is 0 Å². The summed E-state index contributed by atoms with van der Waals surface area (Å²) in [5.74, 6) is -0.377. The number of aliphatic hydroxyl groups is 1. The molecule has 0 radical (unpaired) electrons. The van der Waals surface area contributed by atoms with Crippen molar-refractivity contribution in [2.75, 3.05) is 11.9 Å². The molecule has 0 aromatic heterocycles. The van der Waals surface area contributed by atoms with E-state index in [1.807, 2.05) is 32.0 Å². The molecule has 0 fully saturated rings. The Hall–Kier alpha value is -1.87. The second-order valence-corrected chi connectivity index (χ2v) is 4.69. The molecule has 0 amide bonds. The van der Waals surface area contributed by atoms with Gasteiger partial charge in [0.25, 0.3) is 0 Å². The van der Waals surface area contributed by atoms with Crippen molar-refractivity contribution in [2.45, 2.75) is 20.0 Å². The summed E-state index contributed by atoms with van der Waals surface area (Å²) >= 11 is 0. The Bertz CT molecular complexity index is 548. The summed E-state index contributed by atoms with van der Waals surface area (Å²) in [6.07, 6.45) is -0.861. The number of aliphatic hydroxyl groups excluding tert-OH is 1. The van der Waals surface area contributed by atoms with Gasteiger partial charge in [-0.05, 0) is 31.0 Å². The molecule has 2 nitrogen and oxygen atoms in total. The standard InChI is InChI=1S/C16H18FNO/c1-11-6-5-7-12(2)16(11)18-10-15(19)13-8-3-4-9-14(13)17/h3-9,15,18-19H,10H2,1-2H3. The maximum absolute atomic E-state index is 13.5. The molecule has 0 saturated heterocycles. The van der Waals surface area contributed by atoms with Crippen LogP contribution in [0.25, 0.3) is 0 Å². The average molecular weight is 259 g/mol. The van der Waals surface area contributed by atoms with Crippen LogP contribution in [0.4, 0.5) is 10.1 Å². The van der Waals surface area contributed by atoms with Gasteiger partial charge in [0.2, 0.25) is 0 Å². The largest absolute Gasteiger partial charge is 0.386 e. The highest BCUT2D eigenvalue weighted by atomic mass is 19.1. The van der Waals surface area contributed by atoms with Gasteiger partial charge in [0.1, 0.15) is 5.82 Å². The Morgan fingerprint density at radius 2 is 1.68 bits per heavy atom. The summed E-state index contributed by atoms with van der Waals surface area (Å²) in [7, 11) is 0. The zero-order chi connectivity index (χ0) is 13.8. The molecule has 0 heterocycles. The number of nitrogens with one attached hydrogen (secondary N) is 1. The van der Waals surface area contributed by atoms with E-state index in [0.29, 0.717) is 5.56 Å². The number of hydrogen-bond donors (Lipinski definition) is 2. The molecule has 0 bridgehead atoms. The molecule has 100 valence electrons. The van der Waals surface area contributed by atoms with E-state index in [2.05, 4.69) is 5.32 Å². The van der Waals surface area contributed by atoms with Crippen LogP contribution in [0.1, 0.15) is 22.8 Å². The number of halogens is 1. The molecule has 2 aromatic rings. The molecule has 1 atom stereocenters. The fourth-order valence-electron chi connectivity index (χ4n) is 2.15. The lowest BCUT2D eigenvalue weighted by molar-refractivity contribution is 0.186. The number of para-hydroxylation sites is 1. The van der Waals surface area contributed by atoms with Crippen LogP contribution in [-0.2, 0) is 0 Å². The van der Waals surface area contributed by atoms with E-state index in [1.165, 1.54) is 6.07 Å². The third-order valence-electron chi connectivity index (χ3n) is 3.22. The lowest BCUT2D eigenvalue weighted by Gasteiger charge is -2.16.